The molecule has 2 amide bonds. The molecule has 2 saturated heterocycles. The topological polar surface area (TPSA) is 109 Å². The van der Waals surface area contributed by atoms with Crippen LogP contribution in [0.5, 0.6) is 0 Å². The molecule has 0 unspecified atom stereocenters. The van der Waals surface area contributed by atoms with Crippen LogP contribution in [0.4, 0.5) is 0 Å². The summed E-state index contributed by atoms with van der Waals surface area (Å²) in [7, 11) is 0. The average Bonchev–Trinajstić information content (AvgIpc) is 3.28. The van der Waals surface area contributed by atoms with Crippen LogP contribution in [0.15, 0.2) is 5.16 Å². The van der Waals surface area contributed by atoms with Gasteiger partial charge in [-0.05, 0) is 31.6 Å². The lowest BCUT2D eigenvalue weighted by molar-refractivity contribution is -0.143. The number of carbonyl (C=O) groups is 2. The van der Waals surface area contributed by atoms with Crippen LogP contribution in [0, 0.1) is 29.6 Å². The molecule has 2 aliphatic heterocycles. The Morgan fingerprint density at radius 3 is 2.62 bits per heavy atom. The van der Waals surface area contributed by atoms with Gasteiger partial charge in [0.15, 0.2) is 0 Å². The van der Waals surface area contributed by atoms with Crippen molar-refractivity contribution in [1.29, 1.82) is 0 Å². The molecule has 0 bridgehead atoms. The van der Waals surface area contributed by atoms with E-state index in [4.69, 9.17) is 9.57 Å². The third kappa shape index (κ3) is 3.82. The van der Waals surface area contributed by atoms with E-state index < -0.39 is 30.0 Å². The van der Waals surface area contributed by atoms with Crippen molar-refractivity contribution >= 4 is 17.5 Å². The van der Waals surface area contributed by atoms with Crippen LogP contribution in [-0.4, -0.2) is 70.7 Å². The molecule has 0 aromatic heterocycles. The van der Waals surface area contributed by atoms with Gasteiger partial charge in [0, 0.05) is 24.9 Å². The number of likely N-dealkylation sites (tertiary alicyclic amines) is 1. The van der Waals surface area contributed by atoms with Crippen LogP contribution >= 0.6 is 0 Å². The molecule has 8 heteroatoms. The Morgan fingerprint density at radius 1 is 1.17 bits per heavy atom. The summed E-state index contributed by atoms with van der Waals surface area (Å²) in [4.78, 5) is 33.0. The van der Waals surface area contributed by atoms with Crippen molar-refractivity contribution in [1.82, 2.24) is 4.90 Å². The molecule has 162 valence electrons. The molecule has 0 aromatic carbocycles. The van der Waals surface area contributed by atoms with Crippen LogP contribution in [0.2, 0.25) is 0 Å². The Labute approximate surface area is 171 Å². The summed E-state index contributed by atoms with van der Waals surface area (Å²) in [6.07, 6.45) is 1.13. The van der Waals surface area contributed by atoms with Crippen molar-refractivity contribution in [2.75, 3.05) is 19.8 Å². The Morgan fingerprint density at radius 2 is 1.93 bits per heavy atom. The van der Waals surface area contributed by atoms with Crippen molar-refractivity contribution < 1.29 is 29.4 Å². The van der Waals surface area contributed by atoms with E-state index in [0.29, 0.717) is 44.2 Å². The molecule has 8 nitrogen and oxygen atoms in total. The number of amides is 2. The molecule has 2 aliphatic carbocycles. The summed E-state index contributed by atoms with van der Waals surface area (Å²) in [5, 5.41) is 25.5. The van der Waals surface area contributed by atoms with Gasteiger partial charge in [0.2, 0.25) is 11.8 Å². The summed E-state index contributed by atoms with van der Waals surface area (Å²) in [5.74, 6) is -1.76. The first-order valence-electron chi connectivity index (χ1n) is 10.9. The minimum atomic E-state index is -1.05. The molecule has 2 saturated carbocycles. The van der Waals surface area contributed by atoms with Crippen LogP contribution in [0.25, 0.3) is 0 Å². The highest BCUT2D eigenvalue weighted by atomic mass is 16.6. The zero-order chi connectivity index (χ0) is 20.7. The first kappa shape index (κ1) is 20.8. The fourth-order valence-corrected chi connectivity index (χ4v) is 5.48. The molecule has 4 aliphatic rings. The molecule has 0 radical (unpaired) electrons. The van der Waals surface area contributed by atoms with Gasteiger partial charge in [-0.1, -0.05) is 19.0 Å². The smallest absolute Gasteiger partial charge is 0.233 e. The number of imide groups is 1. The number of hydrogen-bond acceptors (Lipinski definition) is 7. The van der Waals surface area contributed by atoms with Gasteiger partial charge in [0.1, 0.15) is 6.61 Å². The second-order valence-electron chi connectivity index (χ2n) is 9.35. The molecule has 4 rings (SSSR count). The van der Waals surface area contributed by atoms with Crippen LogP contribution in [0.3, 0.4) is 0 Å². The number of aliphatic hydroxyl groups is 2. The fraction of sp³-hybridized carbons (Fsp3) is 0.857. The Hall–Kier alpha value is -1.51. The fourth-order valence-electron chi connectivity index (χ4n) is 5.48. The van der Waals surface area contributed by atoms with Gasteiger partial charge < -0.3 is 19.8 Å². The van der Waals surface area contributed by atoms with E-state index in [-0.39, 0.29) is 30.3 Å². The molecule has 2 N–H and O–H groups in total. The standard InChI is InChI=1S/C21H32N2O6/c1-11(2)10-29-22-15-8-16(24)19(25)17-13(15)5-6-14-18(17)21(27)23(20(14)26)9-12-4-3-7-28-12/h11-14,16-19,24-25H,3-10H2,1-2H3/t12-,13-,14+,16+,17-,18+,19+/m0/s1. The number of ether oxygens (including phenoxy) is 1. The van der Waals surface area contributed by atoms with Gasteiger partial charge in [-0.15, -0.1) is 0 Å². The lowest BCUT2D eigenvalue weighted by Gasteiger charge is -2.45. The lowest BCUT2D eigenvalue weighted by atomic mass is 9.60. The van der Waals surface area contributed by atoms with Crippen LogP contribution in [0.1, 0.15) is 46.0 Å². The minimum absolute atomic E-state index is 0.0951. The Bertz CT molecular complexity index is 674. The van der Waals surface area contributed by atoms with Gasteiger partial charge in [-0.25, -0.2) is 0 Å². The van der Waals surface area contributed by atoms with E-state index in [1.807, 2.05) is 13.8 Å². The predicted molar refractivity (Wildman–Crippen MR) is 104 cm³/mol. The highest BCUT2D eigenvalue weighted by Gasteiger charge is 2.59. The number of oxime groups is 1. The summed E-state index contributed by atoms with van der Waals surface area (Å²) < 4.78 is 5.62. The number of rotatable bonds is 5. The largest absolute Gasteiger partial charge is 0.396 e. The monoisotopic (exact) mass is 408 g/mol. The van der Waals surface area contributed by atoms with Gasteiger partial charge in [0.25, 0.3) is 0 Å². The SMILES string of the molecule is CC(C)CON=C1C[C@@H](O)[C@@H](O)[C@@H]2[C@@H]3C(=O)N(C[C@@H]4CCCO4)C(=O)[C@@H]3CC[C@@H]12. The quantitative estimate of drug-likeness (QED) is 0.518. The molecular formula is C21H32N2O6. The summed E-state index contributed by atoms with van der Waals surface area (Å²) >= 11 is 0. The normalized spacial score (nSPS) is 41.2. The second kappa shape index (κ2) is 8.32. The molecule has 0 spiro atoms. The Kier molecular flexibility index (Phi) is 5.95. The molecule has 7 atom stereocenters. The van der Waals surface area contributed by atoms with Crippen molar-refractivity contribution in [2.24, 2.45) is 34.7 Å². The molecule has 4 fully saturated rings. The third-order valence-corrected chi connectivity index (χ3v) is 6.87. The van der Waals surface area contributed by atoms with Crippen molar-refractivity contribution in [3.05, 3.63) is 0 Å². The number of fused-ring (bicyclic) bond motifs is 3. The first-order chi connectivity index (χ1) is 13.9. The summed E-state index contributed by atoms with van der Waals surface area (Å²) in [5.41, 5.74) is 0.699. The first-order valence-corrected chi connectivity index (χ1v) is 10.9. The number of aliphatic hydroxyl groups excluding tert-OH is 2. The van der Waals surface area contributed by atoms with E-state index >= 15 is 0 Å². The molecule has 29 heavy (non-hydrogen) atoms. The predicted octanol–water partition coefficient (Wildman–Crippen LogP) is 0.947. The van der Waals surface area contributed by atoms with Gasteiger partial charge in [0.05, 0.1) is 42.4 Å². The molecule has 0 aromatic rings. The zero-order valence-corrected chi connectivity index (χ0v) is 17.2. The maximum Gasteiger partial charge on any atom is 0.233 e. The molecular weight excluding hydrogens is 376 g/mol. The zero-order valence-electron chi connectivity index (χ0n) is 17.2. The lowest BCUT2D eigenvalue weighted by Crippen LogP contribution is -2.54. The van der Waals surface area contributed by atoms with E-state index in [2.05, 4.69) is 5.16 Å². The van der Waals surface area contributed by atoms with Gasteiger partial charge in [-0.2, -0.15) is 0 Å². The van der Waals surface area contributed by atoms with E-state index in [1.54, 1.807) is 0 Å². The number of carbonyl (C=O) groups excluding carboxylic acids is 2. The van der Waals surface area contributed by atoms with Crippen molar-refractivity contribution in [2.45, 2.75) is 64.3 Å². The highest BCUT2D eigenvalue weighted by molar-refractivity contribution is 6.06. The van der Waals surface area contributed by atoms with Crippen LogP contribution in [-0.2, 0) is 19.2 Å². The maximum atomic E-state index is 13.2. The van der Waals surface area contributed by atoms with Gasteiger partial charge >= 0.3 is 0 Å². The summed E-state index contributed by atoms with van der Waals surface area (Å²) in [6, 6.07) is 0. The van der Waals surface area contributed by atoms with Crippen molar-refractivity contribution in [3.8, 4) is 0 Å². The summed E-state index contributed by atoms with van der Waals surface area (Å²) in [6.45, 7) is 5.48. The van der Waals surface area contributed by atoms with Crippen molar-refractivity contribution in [3.63, 3.8) is 0 Å². The van der Waals surface area contributed by atoms with Crippen LogP contribution < -0.4 is 0 Å². The number of hydrogen-bond donors (Lipinski definition) is 2. The van der Waals surface area contributed by atoms with E-state index in [1.165, 1.54) is 4.90 Å². The maximum absolute atomic E-state index is 13.2. The molecule has 2 heterocycles. The minimum Gasteiger partial charge on any atom is -0.396 e. The third-order valence-electron chi connectivity index (χ3n) is 6.87. The van der Waals surface area contributed by atoms with E-state index in [9.17, 15) is 19.8 Å². The van der Waals surface area contributed by atoms with Gasteiger partial charge in [-0.3, -0.25) is 14.5 Å². The second-order valence-corrected chi connectivity index (χ2v) is 9.35. The highest BCUT2D eigenvalue weighted by Crippen LogP contribution is 2.49. The average molecular weight is 408 g/mol. The van der Waals surface area contributed by atoms with E-state index in [0.717, 1.165) is 12.8 Å². The Balaban J connectivity index is 1.56. The number of nitrogens with zero attached hydrogens (tertiary/aromatic N) is 2.